The Bertz CT molecular complexity index is 1800. The van der Waals surface area contributed by atoms with Crippen LogP contribution < -0.4 is 19.9 Å². The van der Waals surface area contributed by atoms with Crippen LogP contribution >= 0.6 is 34.5 Å². The molecule has 1 aromatic heterocycles. The van der Waals surface area contributed by atoms with E-state index in [2.05, 4.69) is 21.4 Å². The number of allylic oxidation sites excluding steroid dienone is 1. The molecule has 2 heterocycles. The van der Waals surface area contributed by atoms with E-state index < -0.39 is 15.9 Å². The van der Waals surface area contributed by atoms with E-state index in [1.165, 1.54) is 29.7 Å². The number of halogens is 2. The summed E-state index contributed by atoms with van der Waals surface area (Å²) >= 11 is 13.6. The van der Waals surface area contributed by atoms with Gasteiger partial charge in [0.05, 0.1) is 27.8 Å². The zero-order chi connectivity index (χ0) is 28.4. The molecule has 3 aromatic carbocycles. The first kappa shape index (κ1) is 27.6. The fourth-order valence-corrected chi connectivity index (χ4v) is 5.96. The summed E-state index contributed by atoms with van der Waals surface area (Å²) < 4.78 is 34.5. The number of anilines is 2. The molecule has 0 saturated carbocycles. The third-order valence-electron chi connectivity index (χ3n) is 5.88. The monoisotopic (exact) mass is 611 g/mol. The average molecular weight is 613 g/mol. The normalized spacial score (nSPS) is 14.9. The summed E-state index contributed by atoms with van der Waals surface area (Å²) in [5.74, 6) is 0.507. The second kappa shape index (κ2) is 11.3. The van der Waals surface area contributed by atoms with Crippen molar-refractivity contribution in [1.29, 1.82) is 5.26 Å². The maximum atomic E-state index is 11.6. The zero-order valence-corrected chi connectivity index (χ0v) is 23.8. The Balaban J connectivity index is 1.54. The Kier molecular flexibility index (Phi) is 7.80. The third-order valence-corrected chi connectivity index (χ3v) is 8.39. The fraction of sp³-hybridized carbons (Fsp3) is 0.0741. The van der Waals surface area contributed by atoms with Crippen LogP contribution in [0.4, 0.5) is 10.8 Å². The number of fused-ring (bicyclic) bond motifs is 1. The number of aliphatic imine (C=N–C) groups is 1. The molecule has 1 atom stereocenters. The molecular weight excluding hydrogens is 593 g/mol. The molecule has 0 fully saturated rings. The first-order chi connectivity index (χ1) is 19.2. The van der Waals surface area contributed by atoms with Crippen LogP contribution in [0, 0.1) is 11.3 Å². The summed E-state index contributed by atoms with van der Waals surface area (Å²) in [5.41, 5.74) is 2.27. The van der Waals surface area contributed by atoms with Gasteiger partial charge >= 0.3 is 0 Å². The van der Waals surface area contributed by atoms with Crippen LogP contribution in [0.5, 0.6) is 11.6 Å². The number of nitriles is 1. The van der Waals surface area contributed by atoms with Crippen molar-refractivity contribution in [3.8, 4) is 17.7 Å². The van der Waals surface area contributed by atoms with Crippen LogP contribution in [-0.2, 0) is 10.0 Å². The van der Waals surface area contributed by atoms with Crippen molar-refractivity contribution in [3.63, 3.8) is 0 Å². The largest absolute Gasteiger partial charge is 0.497 e. The molecular formula is C27H19Cl2N5O4S2. The lowest BCUT2D eigenvalue weighted by Gasteiger charge is -2.22. The minimum Gasteiger partial charge on any atom is -0.497 e. The van der Waals surface area contributed by atoms with Crippen LogP contribution in [0.15, 0.2) is 88.1 Å². The molecule has 9 nitrogen and oxygen atoms in total. The van der Waals surface area contributed by atoms with Crippen molar-refractivity contribution < 1.29 is 17.9 Å². The van der Waals surface area contributed by atoms with Gasteiger partial charge in [-0.3, -0.25) is 0 Å². The SMILES string of the molecule is COc1ccc(C2C(C#N)=C(N=Cc3ccc(Cl)cc3Cl)Oc3nc(Nc4ccc(S(N)(=O)=O)cc4)sc32)cc1. The number of nitrogens with two attached hydrogens (primary N) is 1. The first-order valence-corrected chi connectivity index (χ1v) is 14.6. The van der Waals surface area contributed by atoms with E-state index in [-0.39, 0.29) is 22.2 Å². The molecule has 0 bridgehead atoms. The van der Waals surface area contributed by atoms with Gasteiger partial charge in [-0.1, -0.05) is 52.7 Å². The van der Waals surface area contributed by atoms with Crippen LogP contribution in [0.2, 0.25) is 10.0 Å². The van der Waals surface area contributed by atoms with E-state index in [1.54, 1.807) is 37.4 Å². The lowest BCUT2D eigenvalue weighted by Crippen LogP contribution is -2.14. The summed E-state index contributed by atoms with van der Waals surface area (Å²) in [4.78, 5) is 9.73. The van der Waals surface area contributed by atoms with Gasteiger partial charge in [-0.05, 0) is 54.1 Å². The molecule has 40 heavy (non-hydrogen) atoms. The Morgan fingerprint density at radius 2 is 1.88 bits per heavy atom. The van der Waals surface area contributed by atoms with Crippen LogP contribution in [0.25, 0.3) is 0 Å². The van der Waals surface area contributed by atoms with Gasteiger partial charge in [-0.25, -0.2) is 18.5 Å². The molecule has 5 rings (SSSR count). The number of hydrogen-bond donors (Lipinski definition) is 2. The van der Waals surface area contributed by atoms with Crippen molar-refractivity contribution in [3.05, 3.63) is 104 Å². The van der Waals surface area contributed by atoms with Gasteiger partial charge in [-0.2, -0.15) is 10.2 Å². The Hall–Kier alpha value is -3.92. The van der Waals surface area contributed by atoms with Gasteiger partial charge in [0.25, 0.3) is 0 Å². The van der Waals surface area contributed by atoms with E-state index in [0.29, 0.717) is 37.1 Å². The van der Waals surface area contributed by atoms with Crippen molar-refractivity contribution in [2.24, 2.45) is 10.1 Å². The average Bonchev–Trinajstić information content (AvgIpc) is 3.33. The maximum absolute atomic E-state index is 11.6. The number of rotatable bonds is 7. The number of nitrogens with zero attached hydrogens (tertiary/aromatic N) is 3. The summed E-state index contributed by atoms with van der Waals surface area (Å²) in [5, 5.41) is 19.9. The van der Waals surface area contributed by atoms with E-state index >= 15 is 0 Å². The molecule has 3 N–H and O–H groups in total. The van der Waals surface area contributed by atoms with E-state index in [0.717, 1.165) is 5.56 Å². The lowest BCUT2D eigenvalue weighted by molar-refractivity contribution is 0.384. The molecule has 1 unspecified atom stereocenters. The number of aromatic nitrogens is 1. The van der Waals surface area contributed by atoms with Gasteiger partial charge in [0, 0.05) is 22.5 Å². The molecule has 202 valence electrons. The highest BCUT2D eigenvalue weighted by atomic mass is 35.5. The number of ether oxygens (including phenoxy) is 2. The molecule has 4 aromatic rings. The second-order valence-electron chi connectivity index (χ2n) is 8.45. The highest BCUT2D eigenvalue weighted by Gasteiger charge is 2.35. The minimum atomic E-state index is -3.82. The van der Waals surface area contributed by atoms with Crippen LogP contribution in [-0.4, -0.2) is 26.7 Å². The molecule has 0 amide bonds. The van der Waals surface area contributed by atoms with Gasteiger partial charge in [-0.15, -0.1) is 0 Å². The molecule has 0 aliphatic carbocycles. The first-order valence-electron chi connectivity index (χ1n) is 11.5. The number of methoxy groups -OCH3 is 1. The van der Waals surface area contributed by atoms with E-state index in [9.17, 15) is 13.7 Å². The summed E-state index contributed by atoms with van der Waals surface area (Å²) in [6.07, 6.45) is 1.50. The van der Waals surface area contributed by atoms with E-state index in [4.69, 9.17) is 37.8 Å². The Morgan fingerprint density at radius 3 is 2.50 bits per heavy atom. The highest BCUT2D eigenvalue weighted by Crippen LogP contribution is 2.48. The minimum absolute atomic E-state index is 0.00876. The summed E-state index contributed by atoms with van der Waals surface area (Å²) in [7, 11) is -2.24. The number of nitrogens with one attached hydrogen (secondary N) is 1. The molecule has 1 aliphatic rings. The smallest absolute Gasteiger partial charge is 0.238 e. The highest BCUT2D eigenvalue weighted by molar-refractivity contribution is 7.89. The number of thiazole rings is 1. The third kappa shape index (κ3) is 5.82. The maximum Gasteiger partial charge on any atom is 0.238 e. The molecule has 0 saturated heterocycles. The summed E-state index contributed by atoms with van der Waals surface area (Å²) in [6, 6.07) is 20.5. The van der Waals surface area contributed by atoms with Crippen molar-refractivity contribution >= 4 is 61.6 Å². The van der Waals surface area contributed by atoms with Gasteiger partial charge in [0.1, 0.15) is 17.4 Å². The topological polar surface area (TPSA) is 140 Å². The van der Waals surface area contributed by atoms with Crippen LogP contribution in [0.1, 0.15) is 21.9 Å². The molecule has 1 aliphatic heterocycles. The lowest BCUT2D eigenvalue weighted by atomic mass is 9.89. The fourth-order valence-electron chi connectivity index (χ4n) is 3.94. The van der Waals surface area contributed by atoms with Gasteiger partial charge in [0.15, 0.2) is 5.13 Å². The Labute approximate surface area is 244 Å². The molecule has 13 heteroatoms. The van der Waals surface area contributed by atoms with Crippen molar-refractivity contribution in [2.75, 3.05) is 12.4 Å². The quantitative estimate of drug-likeness (QED) is 0.236. The predicted octanol–water partition coefficient (Wildman–Crippen LogP) is 6.23. The number of hydrogen-bond acceptors (Lipinski definition) is 9. The van der Waals surface area contributed by atoms with Crippen LogP contribution in [0.3, 0.4) is 0 Å². The van der Waals surface area contributed by atoms with Crippen molar-refractivity contribution in [2.45, 2.75) is 10.8 Å². The Morgan fingerprint density at radius 1 is 1.15 bits per heavy atom. The number of primary sulfonamides is 1. The number of benzene rings is 3. The number of sulfonamides is 1. The molecule has 0 spiro atoms. The van der Waals surface area contributed by atoms with Gasteiger partial charge in [0.2, 0.25) is 21.8 Å². The predicted molar refractivity (Wildman–Crippen MR) is 155 cm³/mol. The zero-order valence-electron chi connectivity index (χ0n) is 20.6. The standard InChI is InChI=1S/C27H19Cl2N5O4S2/c1-37-19-8-3-15(4-9-19)23-21(13-30)25(32-14-16-2-5-17(28)12-22(16)29)38-26-24(23)39-27(34-26)33-18-6-10-20(11-7-18)40(31,35)36/h2-12,14,23H,1H3,(H,33,34)(H2,31,35,36). The second-order valence-corrected chi connectivity index (χ2v) is 11.9. The van der Waals surface area contributed by atoms with Gasteiger partial charge < -0.3 is 14.8 Å². The molecule has 0 radical (unpaired) electrons. The van der Waals surface area contributed by atoms with E-state index in [1.807, 2.05) is 24.3 Å². The van der Waals surface area contributed by atoms with Crippen molar-refractivity contribution in [1.82, 2.24) is 4.98 Å². The summed E-state index contributed by atoms with van der Waals surface area (Å²) in [6.45, 7) is 0.